The van der Waals surface area contributed by atoms with E-state index in [0.29, 0.717) is 18.6 Å². The van der Waals surface area contributed by atoms with Crippen LogP contribution in [0.15, 0.2) is 22.7 Å². The van der Waals surface area contributed by atoms with Gasteiger partial charge in [0.25, 0.3) is 5.78 Å². The Morgan fingerprint density at radius 3 is 2.57 bits per heavy atom. The average Bonchev–Trinajstić information content (AvgIpc) is 2.86. The number of carbonyl (C=O) groups excluding carboxylic acids is 2. The molecule has 0 radical (unpaired) electrons. The molecule has 1 fully saturated rings. The summed E-state index contributed by atoms with van der Waals surface area (Å²) in [4.78, 5) is 35.8. The van der Waals surface area contributed by atoms with Crippen molar-refractivity contribution in [1.82, 2.24) is 0 Å². The Morgan fingerprint density at radius 2 is 1.95 bits per heavy atom. The van der Waals surface area contributed by atoms with Gasteiger partial charge in [-0.25, -0.2) is 4.79 Å². The lowest BCUT2D eigenvalue weighted by atomic mass is 9.75. The summed E-state index contributed by atoms with van der Waals surface area (Å²) in [6.07, 6.45) is 2.68. The fourth-order valence-corrected chi connectivity index (χ4v) is 3.64. The summed E-state index contributed by atoms with van der Waals surface area (Å²) < 4.78 is 6.75. The summed E-state index contributed by atoms with van der Waals surface area (Å²) in [5, 5.41) is 9.02. The average molecular weight is 353 g/mol. The van der Waals surface area contributed by atoms with Crippen LogP contribution in [0.4, 0.5) is 0 Å². The number of fused-ring (bicyclic) bond motifs is 1. The van der Waals surface area contributed by atoms with Gasteiger partial charge >= 0.3 is 5.97 Å². The Bertz CT molecular complexity index is 645. The molecule has 2 aliphatic rings. The first-order valence-corrected chi connectivity index (χ1v) is 7.54. The van der Waals surface area contributed by atoms with Crippen LogP contribution >= 0.6 is 15.9 Å². The third-order valence-corrected chi connectivity index (χ3v) is 4.73. The number of ketones is 2. The number of hydrogen-bond acceptors (Lipinski definition) is 4. The van der Waals surface area contributed by atoms with E-state index in [1.807, 2.05) is 0 Å². The van der Waals surface area contributed by atoms with Gasteiger partial charge in [-0.1, -0.05) is 15.9 Å². The van der Waals surface area contributed by atoms with Crippen LogP contribution in [0.5, 0.6) is 5.75 Å². The third-order valence-electron chi connectivity index (χ3n) is 4.23. The zero-order valence-corrected chi connectivity index (χ0v) is 12.7. The largest absolute Gasteiger partial charge is 0.485 e. The monoisotopic (exact) mass is 352 g/mol. The highest BCUT2D eigenvalue weighted by atomic mass is 79.9. The number of Topliss-reactive ketones (excluding diaryl/α,β-unsaturated/α-hetero) is 2. The molecule has 0 aromatic heterocycles. The van der Waals surface area contributed by atoms with E-state index in [9.17, 15) is 14.4 Å². The van der Waals surface area contributed by atoms with Crippen molar-refractivity contribution < 1.29 is 24.2 Å². The Labute approximate surface area is 129 Å². The van der Waals surface area contributed by atoms with E-state index in [2.05, 4.69) is 15.9 Å². The van der Waals surface area contributed by atoms with Crippen molar-refractivity contribution in [2.45, 2.75) is 31.3 Å². The molecule has 6 heteroatoms. The molecule has 1 unspecified atom stereocenters. The van der Waals surface area contributed by atoms with Crippen LogP contribution in [0.1, 0.15) is 36.0 Å². The number of carboxylic acid groups (broad SMARTS) is 1. The number of halogens is 1. The van der Waals surface area contributed by atoms with Gasteiger partial charge in [-0.05, 0) is 43.9 Å². The van der Waals surface area contributed by atoms with Crippen molar-refractivity contribution in [2.75, 3.05) is 0 Å². The number of hydrogen-bond donors (Lipinski definition) is 1. The summed E-state index contributed by atoms with van der Waals surface area (Å²) >= 11 is 3.32. The number of carbonyl (C=O) groups is 3. The van der Waals surface area contributed by atoms with E-state index in [1.165, 1.54) is 0 Å². The topological polar surface area (TPSA) is 80.7 Å². The smallest absolute Gasteiger partial charge is 0.373 e. The molecule has 1 spiro atoms. The number of ether oxygens (including phenoxy) is 1. The second-order valence-corrected chi connectivity index (χ2v) is 6.40. The highest BCUT2D eigenvalue weighted by Gasteiger charge is 2.55. The highest BCUT2D eigenvalue weighted by molar-refractivity contribution is 9.10. The second kappa shape index (κ2) is 4.94. The Morgan fingerprint density at radius 1 is 1.29 bits per heavy atom. The first kappa shape index (κ1) is 14.3. The van der Waals surface area contributed by atoms with Gasteiger partial charge in [0, 0.05) is 4.47 Å². The molecule has 1 heterocycles. The van der Waals surface area contributed by atoms with Crippen molar-refractivity contribution in [3.63, 3.8) is 0 Å². The minimum Gasteiger partial charge on any atom is -0.485 e. The van der Waals surface area contributed by atoms with Crippen molar-refractivity contribution >= 4 is 33.5 Å². The maximum Gasteiger partial charge on any atom is 0.373 e. The Kier molecular flexibility index (Phi) is 3.36. The van der Waals surface area contributed by atoms with E-state index >= 15 is 0 Å². The second-order valence-electron chi connectivity index (χ2n) is 5.48. The summed E-state index contributed by atoms with van der Waals surface area (Å²) in [7, 11) is 0. The standard InChI is InChI=1S/C15H13BrO5/c16-8-3-4-9-10(7-8)21-15(5-1-2-6-15)11(12(9)17)13(18)14(19)20/h3-4,7,11H,1-2,5-6H2,(H,19,20). The molecule has 5 nitrogen and oxygen atoms in total. The lowest BCUT2D eigenvalue weighted by Crippen LogP contribution is -2.53. The molecule has 21 heavy (non-hydrogen) atoms. The van der Waals surface area contributed by atoms with Gasteiger partial charge in [0.2, 0.25) is 0 Å². The van der Waals surface area contributed by atoms with Crippen LogP contribution in [-0.4, -0.2) is 28.2 Å². The molecule has 3 rings (SSSR count). The lowest BCUT2D eigenvalue weighted by Gasteiger charge is -2.40. The van der Waals surface area contributed by atoms with Crippen LogP contribution in [0.2, 0.25) is 0 Å². The van der Waals surface area contributed by atoms with E-state index in [1.54, 1.807) is 18.2 Å². The first-order valence-electron chi connectivity index (χ1n) is 6.74. The van der Waals surface area contributed by atoms with Crippen molar-refractivity contribution in [3.8, 4) is 5.75 Å². The number of benzene rings is 1. The molecular weight excluding hydrogens is 340 g/mol. The molecule has 1 aromatic rings. The van der Waals surface area contributed by atoms with Crippen molar-refractivity contribution in [1.29, 1.82) is 0 Å². The highest BCUT2D eigenvalue weighted by Crippen LogP contribution is 2.47. The van der Waals surface area contributed by atoms with E-state index in [-0.39, 0.29) is 5.56 Å². The number of aliphatic carboxylic acids is 1. The minimum atomic E-state index is -1.58. The zero-order valence-electron chi connectivity index (χ0n) is 11.1. The van der Waals surface area contributed by atoms with Gasteiger partial charge < -0.3 is 9.84 Å². The first-order chi connectivity index (χ1) is 9.94. The maximum absolute atomic E-state index is 12.7. The third kappa shape index (κ3) is 2.18. The maximum atomic E-state index is 12.7. The molecular formula is C15H13BrO5. The van der Waals surface area contributed by atoms with E-state index < -0.39 is 29.1 Å². The van der Waals surface area contributed by atoms with E-state index in [0.717, 1.165) is 17.3 Å². The predicted molar refractivity (Wildman–Crippen MR) is 76.4 cm³/mol. The SMILES string of the molecule is O=C(O)C(=O)C1C(=O)c2ccc(Br)cc2OC12CCCC2. The van der Waals surface area contributed by atoms with Gasteiger partial charge in [-0.3, -0.25) is 9.59 Å². The zero-order chi connectivity index (χ0) is 15.2. The Hall–Kier alpha value is -1.69. The van der Waals surface area contributed by atoms with Crippen molar-refractivity contribution in [3.05, 3.63) is 28.2 Å². The normalized spacial score (nSPS) is 22.7. The molecule has 1 aromatic carbocycles. The van der Waals surface area contributed by atoms with Crippen molar-refractivity contribution in [2.24, 2.45) is 5.92 Å². The molecule has 1 aliphatic heterocycles. The summed E-state index contributed by atoms with van der Waals surface area (Å²) in [5.41, 5.74) is -0.726. The van der Waals surface area contributed by atoms with Crippen LogP contribution in [-0.2, 0) is 9.59 Å². The van der Waals surface area contributed by atoms with Gasteiger partial charge in [0.15, 0.2) is 5.78 Å². The molecule has 1 N–H and O–H groups in total. The molecule has 1 saturated carbocycles. The summed E-state index contributed by atoms with van der Waals surface area (Å²) in [6.45, 7) is 0. The van der Waals surface area contributed by atoms with Crippen LogP contribution < -0.4 is 4.74 Å². The summed E-state index contributed by atoms with van der Waals surface area (Å²) in [6, 6.07) is 4.93. The lowest BCUT2D eigenvalue weighted by molar-refractivity contribution is -0.153. The van der Waals surface area contributed by atoms with Gasteiger partial charge in [0.1, 0.15) is 17.3 Å². The van der Waals surface area contributed by atoms with Crippen LogP contribution in [0.3, 0.4) is 0 Å². The molecule has 0 bridgehead atoms. The fraction of sp³-hybridized carbons (Fsp3) is 0.400. The summed E-state index contributed by atoms with van der Waals surface area (Å²) in [5.74, 6) is -3.92. The molecule has 0 amide bonds. The van der Waals surface area contributed by atoms with Gasteiger partial charge in [0.05, 0.1) is 5.56 Å². The molecule has 1 atom stereocenters. The molecule has 110 valence electrons. The van der Waals surface area contributed by atoms with Crippen LogP contribution in [0, 0.1) is 5.92 Å². The fourth-order valence-electron chi connectivity index (χ4n) is 3.30. The predicted octanol–water partition coefficient (Wildman–Crippen LogP) is 2.61. The number of rotatable bonds is 2. The Balaban J connectivity index is 2.13. The van der Waals surface area contributed by atoms with Gasteiger partial charge in [-0.2, -0.15) is 0 Å². The minimum absolute atomic E-state index is 0.273. The van der Waals surface area contributed by atoms with Gasteiger partial charge in [-0.15, -0.1) is 0 Å². The quantitative estimate of drug-likeness (QED) is 0.653. The van der Waals surface area contributed by atoms with Crippen LogP contribution in [0.25, 0.3) is 0 Å². The molecule has 0 saturated heterocycles. The molecule has 1 aliphatic carbocycles. The van der Waals surface area contributed by atoms with E-state index in [4.69, 9.17) is 9.84 Å². The number of carboxylic acids is 1.